The van der Waals surface area contributed by atoms with Gasteiger partial charge >= 0.3 is 0 Å². The van der Waals surface area contributed by atoms with E-state index in [1.54, 1.807) is 17.5 Å². The molecule has 1 aliphatic rings. The molecule has 1 aliphatic heterocycles. The van der Waals surface area contributed by atoms with Crippen molar-refractivity contribution < 1.29 is 17.2 Å². The van der Waals surface area contributed by atoms with E-state index in [1.807, 2.05) is 5.38 Å². The molecular weight excluding hydrogens is 356 g/mol. The van der Waals surface area contributed by atoms with Gasteiger partial charge in [-0.3, -0.25) is 0 Å². The number of halogens is 2. The Hall–Kier alpha value is -1.58. The molecule has 0 radical (unpaired) electrons. The Kier molecular flexibility index (Phi) is 5.12. The quantitative estimate of drug-likeness (QED) is 0.875. The number of nitrogens with zero attached hydrogens (tertiary/aromatic N) is 2. The lowest BCUT2D eigenvalue weighted by Gasteiger charge is -2.32. The number of nitrogens with one attached hydrogen (secondary N) is 1. The molecule has 2 heterocycles. The molecule has 2 aromatic rings. The maximum absolute atomic E-state index is 13.2. The molecule has 1 fully saturated rings. The molecule has 1 aromatic carbocycles. The molecule has 0 bridgehead atoms. The summed E-state index contributed by atoms with van der Waals surface area (Å²) in [5.74, 6) is -1.71. The SMILES string of the molecule is O=S(=O)(NCC1CCCN(c2nccs2)C1)c1cc(F)cc(F)c1. The van der Waals surface area contributed by atoms with Crippen LogP contribution in [0.2, 0.25) is 0 Å². The number of thiazole rings is 1. The first-order valence-corrected chi connectivity index (χ1v) is 9.90. The zero-order valence-corrected chi connectivity index (χ0v) is 14.4. The zero-order chi connectivity index (χ0) is 17.2. The molecule has 1 saturated heterocycles. The molecule has 1 unspecified atom stereocenters. The third-order valence-corrected chi connectivity index (χ3v) is 6.15. The molecule has 0 amide bonds. The fourth-order valence-corrected chi connectivity index (χ4v) is 4.61. The van der Waals surface area contributed by atoms with Crippen molar-refractivity contribution in [2.24, 2.45) is 5.92 Å². The van der Waals surface area contributed by atoms with E-state index >= 15 is 0 Å². The van der Waals surface area contributed by atoms with Gasteiger partial charge in [0.2, 0.25) is 10.0 Å². The number of piperidine rings is 1. The van der Waals surface area contributed by atoms with E-state index in [0.29, 0.717) is 12.6 Å². The summed E-state index contributed by atoms with van der Waals surface area (Å²) >= 11 is 1.55. The largest absolute Gasteiger partial charge is 0.348 e. The van der Waals surface area contributed by atoms with Crippen molar-refractivity contribution in [1.82, 2.24) is 9.71 Å². The number of benzene rings is 1. The Balaban J connectivity index is 1.64. The summed E-state index contributed by atoms with van der Waals surface area (Å²) in [7, 11) is -3.94. The highest BCUT2D eigenvalue weighted by molar-refractivity contribution is 7.89. The number of rotatable bonds is 5. The lowest BCUT2D eigenvalue weighted by atomic mass is 9.99. The summed E-state index contributed by atoms with van der Waals surface area (Å²) in [6.07, 6.45) is 3.58. The van der Waals surface area contributed by atoms with Gasteiger partial charge in [-0.2, -0.15) is 0 Å². The lowest BCUT2D eigenvalue weighted by Crippen LogP contribution is -2.41. The van der Waals surface area contributed by atoms with Gasteiger partial charge in [0.05, 0.1) is 4.90 Å². The molecule has 9 heteroatoms. The lowest BCUT2D eigenvalue weighted by molar-refractivity contribution is 0.410. The first-order valence-electron chi connectivity index (χ1n) is 7.54. The standard InChI is InChI=1S/C15H17F2N3O2S2/c16-12-6-13(17)8-14(7-12)24(21,22)19-9-11-2-1-4-20(10-11)15-18-3-5-23-15/h3,5-8,11,19H,1-2,4,9-10H2. The highest BCUT2D eigenvalue weighted by atomic mass is 32.2. The van der Waals surface area contributed by atoms with Crippen LogP contribution in [0.1, 0.15) is 12.8 Å². The fourth-order valence-electron chi connectivity index (χ4n) is 2.77. The van der Waals surface area contributed by atoms with Gasteiger partial charge in [0, 0.05) is 37.3 Å². The van der Waals surface area contributed by atoms with Crippen LogP contribution < -0.4 is 9.62 Å². The van der Waals surface area contributed by atoms with E-state index in [2.05, 4.69) is 14.6 Å². The first kappa shape index (κ1) is 17.2. The monoisotopic (exact) mass is 373 g/mol. The Morgan fingerprint density at radius 2 is 2.04 bits per heavy atom. The Morgan fingerprint density at radius 3 is 2.71 bits per heavy atom. The minimum Gasteiger partial charge on any atom is -0.348 e. The second kappa shape index (κ2) is 7.12. The molecule has 24 heavy (non-hydrogen) atoms. The highest BCUT2D eigenvalue weighted by Gasteiger charge is 2.24. The average Bonchev–Trinajstić information content (AvgIpc) is 3.07. The normalized spacial score (nSPS) is 18.8. The smallest absolute Gasteiger partial charge is 0.240 e. The topological polar surface area (TPSA) is 62.3 Å². The van der Waals surface area contributed by atoms with Crippen molar-refractivity contribution in [3.05, 3.63) is 41.4 Å². The predicted molar refractivity (Wildman–Crippen MR) is 88.6 cm³/mol. The van der Waals surface area contributed by atoms with E-state index in [0.717, 1.165) is 36.7 Å². The highest BCUT2D eigenvalue weighted by Crippen LogP contribution is 2.24. The number of hydrogen-bond acceptors (Lipinski definition) is 5. The molecule has 3 rings (SSSR count). The van der Waals surface area contributed by atoms with Crippen molar-refractivity contribution in [2.75, 3.05) is 24.5 Å². The van der Waals surface area contributed by atoms with Crippen LogP contribution in [0.5, 0.6) is 0 Å². The van der Waals surface area contributed by atoms with Gasteiger partial charge in [-0.15, -0.1) is 11.3 Å². The summed E-state index contributed by atoms with van der Waals surface area (Å²) in [6.45, 7) is 1.82. The summed E-state index contributed by atoms with van der Waals surface area (Å²) in [6, 6.07) is 2.27. The minimum absolute atomic E-state index is 0.121. The van der Waals surface area contributed by atoms with Crippen LogP contribution in [-0.2, 0) is 10.0 Å². The van der Waals surface area contributed by atoms with Gasteiger partial charge in [0.1, 0.15) is 11.6 Å². The van der Waals surface area contributed by atoms with E-state index in [1.165, 1.54) is 0 Å². The summed E-state index contributed by atoms with van der Waals surface area (Å²) in [5.41, 5.74) is 0. The van der Waals surface area contributed by atoms with Crippen LogP contribution in [0.3, 0.4) is 0 Å². The third-order valence-electron chi connectivity index (χ3n) is 3.92. The van der Waals surface area contributed by atoms with Gasteiger partial charge in [0.15, 0.2) is 5.13 Å². The van der Waals surface area contributed by atoms with Crippen LogP contribution in [-0.4, -0.2) is 33.0 Å². The number of sulfonamides is 1. The van der Waals surface area contributed by atoms with Crippen molar-refractivity contribution in [1.29, 1.82) is 0 Å². The van der Waals surface area contributed by atoms with Gasteiger partial charge in [0.25, 0.3) is 0 Å². The Labute approximate surface area is 143 Å². The second-order valence-corrected chi connectivity index (χ2v) is 8.37. The zero-order valence-electron chi connectivity index (χ0n) is 12.8. The summed E-state index contributed by atoms with van der Waals surface area (Å²) < 4.78 is 53.3. The van der Waals surface area contributed by atoms with Crippen LogP contribution in [0.15, 0.2) is 34.7 Å². The van der Waals surface area contributed by atoms with Crippen molar-refractivity contribution in [3.8, 4) is 0 Å². The van der Waals surface area contributed by atoms with Crippen molar-refractivity contribution in [3.63, 3.8) is 0 Å². The fraction of sp³-hybridized carbons (Fsp3) is 0.400. The molecular formula is C15H17F2N3O2S2. The molecule has 0 saturated carbocycles. The maximum Gasteiger partial charge on any atom is 0.240 e. The molecule has 0 aliphatic carbocycles. The molecule has 1 N–H and O–H groups in total. The van der Waals surface area contributed by atoms with Gasteiger partial charge in [-0.25, -0.2) is 26.9 Å². The van der Waals surface area contributed by atoms with Crippen LogP contribution in [0.4, 0.5) is 13.9 Å². The number of hydrogen-bond donors (Lipinski definition) is 1. The molecule has 0 spiro atoms. The average molecular weight is 373 g/mol. The molecule has 1 atom stereocenters. The number of anilines is 1. The summed E-state index contributed by atoms with van der Waals surface area (Å²) in [4.78, 5) is 6.01. The number of aromatic nitrogens is 1. The van der Waals surface area contributed by atoms with Gasteiger partial charge in [-0.1, -0.05) is 0 Å². The molecule has 5 nitrogen and oxygen atoms in total. The minimum atomic E-state index is -3.94. The van der Waals surface area contributed by atoms with Crippen LogP contribution in [0.25, 0.3) is 0 Å². The Bertz CT molecular complexity index is 777. The maximum atomic E-state index is 13.2. The predicted octanol–water partition coefficient (Wildman–Crippen LogP) is 2.62. The Morgan fingerprint density at radius 1 is 1.29 bits per heavy atom. The van der Waals surface area contributed by atoms with Gasteiger partial charge < -0.3 is 4.90 Å². The van der Waals surface area contributed by atoms with E-state index in [-0.39, 0.29) is 12.5 Å². The summed E-state index contributed by atoms with van der Waals surface area (Å²) in [5, 5.41) is 2.83. The molecule has 130 valence electrons. The van der Waals surface area contributed by atoms with Crippen molar-refractivity contribution in [2.45, 2.75) is 17.7 Å². The van der Waals surface area contributed by atoms with Crippen molar-refractivity contribution >= 4 is 26.5 Å². The third kappa shape index (κ3) is 4.08. The first-order chi connectivity index (χ1) is 11.4. The molecule has 1 aromatic heterocycles. The van der Waals surface area contributed by atoms with Crippen LogP contribution >= 0.6 is 11.3 Å². The second-order valence-electron chi connectivity index (χ2n) is 5.73. The van der Waals surface area contributed by atoms with Gasteiger partial charge in [-0.05, 0) is 30.9 Å². The van der Waals surface area contributed by atoms with E-state index < -0.39 is 26.6 Å². The van der Waals surface area contributed by atoms with Crippen LogP contribution in [0, 0.1) is 17.6 Å². The van der Waals surface area contributed by atoms with E-state index in [4.69, 9.17) is 0 Å². The van der Waals surface area contributed by atoms with E-state index in [9.17, 15) is 17.2 Å².